The van der Waals surface area contributed by atoms with Gasteiger partial charge in [0.2, 0.25) is 0 Å². The largest absolute Gasteiger partial charge is 0.497 e. The Kier molecular flexibility index (Phi) is 4.57. The lowest BCUT2D eigenvalue weighted by atomic mass is 9.95. The Morgan fingerprint density at radius 1 is 0.808 bits per heavy atom. The van der Waals surface area contributed by atoms with E-state index in [2.05, 4.69) is 36.4 Å². The molecule has 0 radical (unpaired) electrons. The van der Waals surface area contributed by atoms with Crippen LogP contribution in [0.5, 0.6) is 11.5 Å². The molecule has 0 aromatic heterocycles. The summed E-state index contributed by atoms with van der Waals surface area (Å²) in [7, 11) is 1.68. The molecule has 2 heteroatoms. The van der Waals surface area contributed by atoms with Gasteiger partial charge in [0.1, 0.15) is 17.6 Å². The van der Waals surface area contributed by atoms with Crippen molar-refractivity contribution in [2.75, 3.05) is 7.11 Å². The normalized spacial score (nSPS) is 15.9. The van der Waals surface area contributed by atoms with Crippen LogP contribution < -0.4 is 9.47 Å². The number of benzene rings is 3. The van der Waals surface area contributed by atoms with E-state index in [4.69, 9.17) is 9.47 Å². The fraction of sp³-hybridized carbons (Fsp3) is 0.0833. The number of rotatable bonds is 4. The van der Waals surface area contributed by atoms with Gasteiger partial charge in [-0.1, -0.05) is 72.8 Å². The van der Waals surface area contributed by atoms with Crippen LogP contribution in [0.2, 0.25) is 0 Å². The molecular weight excluding hydrogens is 320 g/mol. The average Bonchev–Trinajstić information content (AvgIpc) is 2.72. The second kappa shape index (κ2) is 7.32. The summed E-state index contributed by atoms with van der Waals surface area (Å²) in [5.74, 6) is 1.78. The van der Waals surface area contributed by atoms with Crippen LogP contribution in [-0.2, 0) is 0 Å². The average molecular weight is 340 g/mol. The van der Waals surface area contributed by atoms with Crippen LogP contribution in [0.4, 0.5) is 0 Å². The second-order valence-corrected chi connectivity index (χ2v) is 6.20. The van der Waals surface area contributed by atoms with E-state index >= 15 is 0 Å². The highest BCUT2D eigenvalue weighted by Crippen LogP contribution is 2.38. The predicted molar refractivity (Wildman–Crippen MR) is 106 cm³/mol. The molecular formula is C24H20O2. The van der Waals surface area contributed by atoms with E-state index in [0.29, 0.717) is 0 Å². The number of ether oxygens (including phenoxy) is 2. The molecule has 1 heterocycles. The van der Waals surface area contributed by atoms with E-state index in [1.165, 1.54) is 0 Å². The van der Waals surface area contributed by atoms with Crippen LogP contribution in [0, 0.1) is 0 Å². The predicted octanol–water partition coefficient (Wildman–Crippen LogP) is 5.93. The van der Waals surface area contributed by atoms with E-state index in [9.17, 15) is 0 Å². The molecule has 26 heavy (non-hydrogen) atoms. The SMILES string of the molecule is COc1ccc(/C=C\C2=Cc3ccccc3OC2c2ccccc2)cc1. The summed E-state index contributed by atoms with van der Waals surface area (Å²) in [5.41, 5.74) is 4.50. The van der Waals surface area contributed by atoms with Crippen LogP contribution in [0.25, 0.3) is 12.2 Å². The van der Waals surface area contributed by atoms with Crippen molar-refractivity contribution < 1.29 is 9.47 Å². The fourth-order valence-corrected chi connectivity index (χ4v) is 3.09. The van der Waals surface area contributed by atoms with Crippen molar-refractivity contribution in [1.82, 2.24) is 0 Å². The number of para-hydroxylation sites is 1. The molecule has 1 aliphatic heterocycles. The van der Waals surface area contributed by atoms with Gasteiger partial charge in [-0.2, -0.15) is 0 Å². The molecule has 0 aliphatic carbocycles. The molecule has 0 saturated heterocycles. The lowest BCUT2D eigenvalue weighted by Crippen LogP contribution is -2.13. The Morgan fingerprint density at radius 2 is 1.54 bits per heavy atom. The van der Waals surface area contributed by atoms with Crippen molar-refractivity contribution in [2.45, 2.75) is 6.10 Å². The number of methoxy groups -OCH3 is 1. The van der Waals surface area contributed by atoms with E-state index in [1.54, 1.807) is 7.11 Å². The summed E-state index contributed by atoms with van der Waals surface area (Å²) in [5, 5.41) is 0. The molecule has 1 atom stereocenters. The number of fused-ring (bicyclic) bond motifs is 1. The summed E-state index contributed by atoms with van der Waals surface area (Å²) < 4.78 is 11.5. The number of hydrogen-bond acceptors (Lipinski definition) is 2. The Labute approximate surface area is 154 Å². The van der Waals surface area contributed by atoms with Gasteiger partial charge in [0.05, 0.1) is 7.11 Å². The molecule has 0 bridgehead atoms. The summed E-state index contributed by atoms with van der Waals surface area (Å²) in [6.07, 6.45) is 6.34. The minimum absolute atomic E-state index is 0.111. The molecule has 2 nitrogen and oxygen atoms in total. The Bertz CT molecular complexity index is 937. The first-order chi connectivity index (χ1) is 12.8. The highest BCUT2D eigenvalue weighted by molar-refractivity contribution is 5.69. The Balaban J connectivity index is 1.69. The third-order valence-corrected chi connectivity index (χ3v) is 4.48. The molecule has 0 amide bonds. The van der Waals surface area contributed by atoms with Gasteiger partial charge in [-0.05, 0) is 41.0 Å². The van der Waals surface area contributed by atoms with Crippen LogP contribution in [-0.4, -0.2) is 7.11 Å². The van der Waals surface area contributed by atoms with Gasteiger partial charge in [-0.3, -0.25) is 0 Å². The van der Waals surface area contributed by atoms with E-state index in [1.807, 2.05) is 60.7 Å². The van der Waals surface area contributed by atoms with Gasteiger partial charge in [0.15, 0.2) is 0 Å². The van der Waals surface area contributed by atoms with Crippen molar-refractivity contribution in [1.29, 1.82) is 0 Å². The minimum Gasteiger partial charge on any atom is -0.497 e. The zero-order valence-corrected chi connectivity index (χ0v) is 14.6. The maximum atomic E-state index is 6.32. The van der Waals surface area contributed by atoms with Crippen LogP contribution in [0.1, 0.15) is 22.8 Å². The monoisotopic (exact) mass is 340 g/mol. The lowest BCUT2D eigenvalue weighted by Gasteiger charge is -2.26. The maximum absolute atomic E-state index is 6.32. The minimum atomic E-state index is -0.111. The highest BCUT2D eigenvalue weighted by Gasteiger charge is 2.22. The molecule has 0 saturated carbocycles. The Morgan fingerprint density at radius 3 is 2.31 bits per heavy atom. The zero-order valence-electron chi connectivity index (χ0n) is 14.6. The third-order valence-electron chi connectivity index (χ3n) is 4.48. The van der Waals surface area contributed by atoms with E-state index in [-0.39, 0.29) is 6.10 Å². The van der Waals surface area contributed by atoms with Crippen molar-refractivity contribution >= 4 is 12.2 Å². The van der Waals surface area contributed by atoms with Crippen LogP contribution in [0.3, 0.4) is 0 Å². The van der Waals surface area contributed by atoms with Crippen LogP contribution in [0.15, 0.2) is 90.5 Å². The number of hydrogen-bond donors (Lipinski definition) is 0. The summed E-state index contributed by atoms with van der Waals surface area (Å²) >= 11 is 0. The fourth-order valence-electron chi connectivity index (χ4n) is 3.09. The lowest BCUT2D eigenvalue weighted by molar-refractivity contribution is 0.243. The quantitative estimate of drug-likeness (QED) is 0.586. The molecule has 0 spiro atoms. The van der Waals surface area contributed by atoms with Crippen molar-refractivity contribution in [3.05, 3.63) is 107 Å². The molecule has 4 rings (SSSR count). The van der Waals surface area contributed by atoms with Gasteiger partial charge in [-0.15, -0.1) is 0 Å². The molecule has 128 valence electrons. The molecule has 3 aromatic carbocycles. The summed E-state index contributed by atoms with van der Waals surface area (Å²) in [6, 6.07) is 26.5. The van der Waals surface area contributed by atoms with Gasteiger partial charge in [0.25, 0.3) is 0 Å². The molecule has 0 fully saturated rings. The first kappa shape index (κ1) is 16.2. The summed E-state index contributed by atoms with van der Waals surface area (Å²) in [4.78, 5) is 0. The van der Waals surface area contributed by atoms with Crippen molar-refractivity contribution in [2.24, 2.45) is 0 Å². The highest BCUT2D eigenvalue weighted by atomic mass is 16.5. The van der Waals surface area contributed by atoms with Gasteiger partial charge in [0, 0.05) is 5.56 Å². The summed E-state index contributed by atoms with van der Waals surface area (Å²) in [6.45, 7) is 0. The smallest absolute Gasteiger partial charge is 0.149 e. The molecule has 1 unspecified atom stereocenters. The van der Waals surface area contributed by atoms with Crippen molar-refractivity contribution in [3.63, 3.8) is 0 Å². The first-order valence-electron chi connectivity index (χ1n) is 8.68. The van der Waals surface area contributed by atoms with E-state index in [0.717, 1.165) is 33.8 Å². The molecule has 1 aliphatic rings. The Hall–Kier alpha value is -3.26. The third kappa shape index (κ3) is 3.40. The maximum Gasteiger partial charge on any atom is 0.149 e. The zero-order chi connectivity index (χ0) is 17.8. The van der Waals surface area contributed by atoms with Crippen LogP contribution >= 0.6 is 0 Å². The van der Waals surface area contributed by atoms with E-state index < -0.39 is 0 Å². The van der Waals surface area contributed by atoms with Gasteiger partial charge in [-0.25, -0.2) is 0 Å². The topological polar surface area (TPSA) is 18.5 Å². The molecule has 3 aromatic rings. The standard InChI is InChI=1S/C24H20O2/c1-25-22-15-12-18(13-16-22)11-14-21-17-20-9-5-6-10-23(20)26-24(21)19-7-3-2-4-8-19/h2-17,24H,1H3/b14-11-. The first-order valence-corrected chi connectivity index (χ1v) is 8.68. The van der Waals surface area contributed by atoms with Gasteiger partial charge < -0.3 is 9.47 Å². The van der Waals surface area contributed by atoms with Crippen molar-refractivity contribution in [3.8, 4) is 11.5 Å². The molecule has 0 N–H and O–H groups in total. The second-order valence-electron chi connectivity index (χ2n) is 6.20. The van der Waals surface area contributed by atoms with Gasteiger partial charge >= 0.3 is 0 Å².